The number of carbonyl (C=O) groups is 4. The second-order valence-electron chi connectivity index (χ2n) is 24.9. The van der Waals surface area contributed by atoms with Gasteiger partial charge in [-0.3, -0.25) is 39.6 Å². The van der Waals surface area contributed by atoms with Crippen molar-refractivity contribution in [1.29, 1.82) is 0 Å². The number of rotatable bonds is 16. The van der Waals surface area contributed by atoms with Gasteiger partial charge in [0.1, 0.15) is 80.6 Å². The van der Waals surface area contributed by atoms with Crippen LogP contribution in [0, 0.1) is 67.3 Å². The molecule has 22 nitrogen and oxygen atoms in total. The van der Waals surface area contributed by atoms with Crippen molar-refractivity contribution in [3.8, 4) is 0 Å². The Kier molecular flexibility index (Phi) is 22.4. The van der Waals surface area contributed by atoms with E-state index >= 15 is 0 Å². The molecule has 8 aromatic heterocycles. The third-order valence-electron chi connectivity index (χ3n) is 17.2. The molecule has 560 valence electrons. The molecule has 0 unspecified atom stereocenters. The van der Waals surface area contributed by atoms with Crippen molar-refractivity contribution in [2.45, 2.75) is 20.8 Å². The number of anilines is 4. The van der Waals surface area contributed by atoms with Crippen LogP contribution in [0.1, 0.15) is 104 Å². The summed E-state index contributed by atoms with van der Waals surface area (Å²) in [5.41, 5.74) is 9.23. The maximum Gasteiger partial charge on any atom is 0.272 e. The number of carbonyl (C=O) groups excluding carboxylic acids is 4. The normalized spacial score (nSPS) is 11.4. The summed E-state index contributed by atoms with van der Waals surface area (Å²) >= 11 is 0. The molecule has 0 radical (unpaired) electrons. The van der Waals surface area contributed by atoms with Crippen LogP contribution in [-0.2, 0) is 7.05 Å². The molecule has 0 fully saturated rings. The highest BCUT2D eigenvalue weighted by atomic mass is 19.2. The third kappa shape index (κ3) is 17.8. The number of aromatic amines is 5. The number of nitrogens with one attached hydrogen (secondary N) is 9. The van der Waals surface area contributed by atoms with Crippen LogP contribution in [-0.4, -0.2) is 84.3 Å². The highest BCUT2D eigenvalue weighted by Crippen LogP contribution is 2.32. The van der Waals surface area contributed by atoms with E-state index in [0.29, 0.717) is 95.0 Å². The summed E-state index contributed by atoms with van der Waals surface area (Å²) in [4.78, 5) is 52.1. The Morgan fingerprint density at radius 1 is 0.402 bits per heavy atom. The van der Waals surface area contributed by atoms with Gasteiger partial charge in [0.05, 0.1) is 79.5 Å². The van der Waals surface area contributed by atoms with E-state index in [1.54, 1.807) is 172 Å². The van der Waals surface area contributed by atoms with Gasteiger partial charge < -0.3 is 39.9 Å². The van der Waals surface area contributed by atoms with Crippen LogP contribution in [0.4, 0.5) is 57.9 Å². The fraction of sp³-hybridized carbons (Fsp3) is 0.0488. The van der Waals surface area contributed by atoms with Crippen LogP contribution in [0.5, 0.6) is 0 Å². The van der Waals surface area contributed by atoms with E-state index in [1.165, 1.54) is 97.2 Å². The summed E-state index contributed by atoms with van der Waals surface area (Å²) in [7, 11) is 1.74. The first-order valence-electron chi connectivity index (χ1n) is 33.8. The average Bonchev–Trinajstić information content (AvgIpc) is 1.78. The van der Waals surface area contributed by atoms with E-state index < -0.39 is 46.9 Å². The molecule has 16 rings (SSSR count). The summed E-state index contributed by atoms with van der Waals surface area (Å²) in [5, 5.41) is 47.8. The van der Waals surface area contributed by atoms with Crippen molar-refractivity contribution in [3.63, 3.8) is 0 Å². The van der Waals surface area contributed by atoms with Crippen LogP contribution in [0.25, 0.3) is 92.2 Å². The quantitative estimate of drug-likeness (QED) is 0.0408. The summed E-state index contributed by atoms with van der Waals surface area (Å²) in [5.74, 6) is -4.78. The van der Waals surface area contributed by atoms with Gasteiger partial charge in [0.15, 0.2) is 0 Å². The molecule has 8 aromatic carbocycles. The minimum Gasteiger partial charge on any atom is -0.361 e. The minimum atomic E-state index is -0.604. The Labute approximate surface area is 628 Å². The monoisotopic (exact) mass is 1520 g/mol. The van der Waals surface area contributed by atoms with Gasteiger partial charge in [-0.2, -0.15) is 20.4 Å². The first kappa shape index (κ1) is 75.1. The molecule has 0 spiro atoms. The number of halogens is 8. The lowest BCUT2D eigenvalue weighted by molar-refractivity contribution is 0.101. The van der Waals surface area contributed by atoms with E-state index in [2.05, 4.69) is 77.4 Å². The minimum absolute atomic E-state index is 0.0101. The van der Waals surface area contributed by atoms with Gasteiger partial charge in [-0.1, -0.05) is 83.1 Å². The summed E-state index contributed by atoms with van der Waals surface area (Å²) in [6.45, 7) is 4.85. The van der Waals surface area contributed by atoms with E-state index in [1.807, 2.05) is 0 Å². The van der Waals surface area contributed by atoms with Crippen LogP contribution < -0.4 is 21.3 Å². The van der Waals surface area contributed by atoms with Crippen molar-refractivity contribution in [1.82, 2.24) is 60.7 Å². The Morgan fingerprint density at radius 3 is 1.07 bits per heavy atom. The van der Waals surface area contributed by atoms with E-state index in [-0.39, 0.29) is 57.1 Å². The van der Waals surface area contributed by atoms with Crippen molar-refractivity contribution in [2.24, 2.45) is 7.05 Å². The molecule has 0 saturated carbocycles. The smallest absolute Gasteiger partial charge is 0.272 e. The van der Waals surface area contributed by atoms with Crippen molar-refractivity contribution >= 4 is 139 Å². The molecule has 0 bridgehead atoms. The van der Waals surface area contributed by atoms with Gasteiger partial charge >= 0.3 is 0 Å². The van der Waals surface area contributed by atoms with Crippen molar-refractivity contribution in [3.05, 3.63) is 320 Å². The highest BCUT2D eigenvalue weighted by molar-refractivity contribution is 6.09. The van der Waals surface area contributed by atoms with Gasteiger partial charge in [-0.05, 0) is 164 Å². The summed E-state index contributed by atoms with van der Waals surface area (Å²) < 4.78 is 121. The lowest BCUT2D eigenvalue weighted by Crippen LogP contribution is -2.16. The first-order chi connectivity index (χ1) is 54.0. The number of aryl methyl sites for hydroxylation is 4. The zero-order valence-electron chi connectivity index (χ0n) is 59.1. The molecule has 0 aliphatic heterocycles. The Balaban J connectivity index is 0.000000131. The van der Waals surface area contributed by atoms with Crippen LogP contribution >= 0.6 is 0 Å². The van der Waals surface area contributed by atoms with Gasteiger partial charge in [0.2, 0.25) is 0 Å². The van der Waals surface area contributed by atoms with Gasteiger partial charge in [-0.15, -0.1) is 0 Å². The van der Waals surface area contributed by atoms with Crippen LogP contribution in [0.15, 0.2) is 197 Å². The highest BCUT2D eigenvalue weighted by Gasteiger charge is 2.22. The molecule has 9 N–H and O–H groups in total. The topological polar surface area (TPSA) is 304 Å². The van der Waals surface area contributed by atoms with E-state index in [4.69, 9.17) is 9.05 Å². The Hall–Kier alpha value is -15.1. The van der Waals surface area contributed by atoms with E-state index in [9.17, 15) is 54.3 Å². The molecule has 0 aliphatic rings. The van der Waals surface area contributed by atoms with Crippen molar-refractivity contribution in [2.75, 3.05) is 21.3 Å². The van der Waals surface area contributed by atoms with Gasteiger partial charge in [-0.25, -0.2) is 35.1 Å². The Morgan fingerprint density at radius 2 is 0.759 bits per heavy atom. The predicted molar refractivity (Wildman–Crippen MR) is 411 cm³/mol. The number of hydrogen-bond acceptors (Lipinski definition) is 12. The lowest BCUT2D eigenvalue weighted by Gasteiger charge is -2.07. The maximum absolute atomic E-state index is 14.5. The summed E-state index contributed by atoms with van der Waals surface area (Å²) in [6, 6.07) is 41.9. The van der Waals surface area contributed by atoms with Gasteiger partial charge in [0, 0.05) is 65.3 Å². The zero-order valence-corrected chi connectivity index (χ0v) is 59.1. The molecule has 16 aromatic rings. The predicted octanol–water partition coefficient (Wildman–Crippen LogP) is 18.6. The number of benzene rings is 8. The van der Waals surface area contributed by atoms with Crippen LogP contribution in [0.3, 0.4) is 0 Å². The third-order valence-corrected chi connectivity index (χ3v) is 17.2. The average molecular weight is 1520 g/mol. The molecule has 8 heterocycles. The number of nitrogens with zero attached hydrogens (tertiary/aromatic N) is 7. The second-order valence-corrected chi connectivity index (χ2v) is 24.9. The van der Waals surface area contributed by atoms with Gasteiger partial charge in [0.25, 0.3) is 23.6 Å². The lowest BCUT2D eigenvalue weighted by atomic mass is 10.1. The largest absolute Gasteiger partial charge is 0.361 e. The maximum atomic E-state index is 14.5. The Bertz CT molecular complexity index is 6060. The summed E-state index contributed by atoms with van der Waals surface area (Å²) in [6.07, 6.45) is 18.6. The SMILES string of the molecule is Cc1noc(C)c1C(=O)Nc1cc2c(/C=C/c3ccc(F)cc3)n[nH]c2cc1F.Cc1oncc1C(=O)Nc1cc2c(/C=C/c3ccc(F)cc3)n[nH]c2cc1F.Cn1cccc1C(=O)Nc1cc2c(/C=C/c3ccc(F)cc3)n[nH]c2cc1F.O=C(Nc1cc2c(/C=C/c3ccc(F)cc3)n[nH]c2cc1F)c1ccc[nH]1. The fourth-order valence-electron chi connectivity index (χ4n) is 11.4. The molecule has 0 atom stereocenters. The number of fused-ring (bicyclic) bond motifs is 4. The molecule has 4 amide bonds. The molecule has 0 aliphatic carbocycles. The van der Waals surface area contributed by atoms with E-state index in [0.717, 1.165) is 22.3 Å². The first-order valence-corrected chi connectivity index (χ1v) is 33.8. The number of aromatic nitrogens is 12. The molecule has 0 saturated heterocycles. The molecule has 112 heavy (non-hydrogen) atoms. The fourth-order valence-corrected chi connectivity index (χ4v) is 11.4. The number of hydrogen-bond donors (Lipinski definition) is 9. The number of H-pyrrole nitrogens is 5. The number of amides is 4. The standard InChI is InChI=1S/C21H16F2N4O2.C21H16F2N4O.C20H14F2N4O2.C20H14F2N4O/c1-11-20(12(2)29-27-11)21(28)24-19-9-15-17(25-26-18(15)10-16(19)23)8-5-13-3-6-14(22)7-4-13;1-27-10-2-3-20(27)21(28)24-19-11-15-17(25-26-18(15)12-16(19)23)9-6-13-4-7-14(22)8-5-13;1-11-15(10-23-28-11)20(27)24-19-8-14-17(25-26-18(14)9-16(19)22)7-4-12-2-5-13(21)6-3-12;21-13-6-3-12(4-7-13)5-8-16-14-10-19(15(22)11-18(14)26-25-16)24-20(27)17-2-1-9-23-17/h3-10H,1-2H3,(H,24,28)(H,25,26);2-12H,1H3,(H,24,28)(H,25,26);2-10H,1H3,(H,24,27)(H,25,26);1-11,23H,(H,24,27)(H,25,26)/b8-5+;9-6+;7-4+;8-5+. The molecule has 30 heteroatoms. The molecular weight excluding hydrogens is 1460 g/mol. The van der Waals surface area contributed by atoms with Crippen molar-refractivity contribution < 1.29 is 63.3 Å². The molecular formula is C82H60F8N16O6. The second kappa shape index (κ2) is 33.4. The zero-order chi connectivity index (χ0) is 78.7. The van der Waals surface area contributed by atoms with Crippen LogP contribution in [0.2, 0.25) is 0 Å².